The molecule has 0 saturated heterocycles. The number of hydrogen-bond donors (Lipinski definition) is 3. The van der Waals surface area contributed by atoms with E-state index in [9.17, 15) is 18.3 Å². The zero-order valence-electron chi connectivity index (χ0n) is 11.7. The van der Waals surface area contributed by atoms with Gasteiger partial charge in [-0.25, -0.2) is 14.3 Å². The van der Waals surface area contributed by atoms with Gasteiger partial charge in [0, 0.05) is 0 Å². The largest absolute Gasteiger partial charge is 0.497 e. The second kappa shape index (κ2) is 6.88. The quantitative estimate of drug-likeness (QED) is 0.712. The third-order valence-corrected chi connectivity index (χ3v) is 6.19. The van der Waals surface area contributed by atoms with Crippen molar-refractivity contribution in [3.05, 3.63) is 24.3 Å². The van der Waals surface area contributed by atoms with Crippen LogP contribution in [0.5, 0.6) is 5.75 Å². The zero-order valence-corrected chi connectivity index (χ0v) is 12.5. The summed E-state index contributed by atoms with van der Waals surface area (Å²) in [4.78, 5) is 11.5. The number of methoxy groups -OCH3 is 1. The Hall–Kier alpha value is -1.64. The maximum absolute atomic E-state index is 12.6. The highest BCUT2D eigenvalue weighted by atomic mass is 32.2. The Kier molecular flexibility index (Phi) is 5.70. The minimum Gasteiger partial charge on any atom is -0.497 e. The van der Waals surface area contributed by atoms with Gasteiger partial charge < -0.3 is 15.1 Å². The molecule has 0 spiro atoms. The molecule has 118 valence electrons. The summed E-state index contributed by atoms with van der Waals surface area (Å²) in [6, 6.07) is 5.85. The van der Waals surface area contributed by atoms with Gasteiger partial charge in [0.1, 0.15) is 5.75 Å². The zero-order chi connectivity index (χ0) is 16.1. The first-order valence-electron chi connectivity index (χ1n) is 6.32. The lowest BCUT2D eigenvalue weighted by atomic mass is 10.1. The normalized spacial score (nSPS) is 16.7. The predicted molar refractivity (Wildman–Crippen MR) is 75.0 cm³/mol. The number of rotatable bonds is 4. The summed E-state index contributed by atoms with van der Waals surface area (Å²) in [7, 11) is -2.39. The number of aliphatic carboxylic acids is 1. The van der Waals surface area contributed by atoms with E-state index in [1.807, 2.05) is 0 Å². The number of sulfone groups is 1. The van der Waals surface area contributed by atoms with Gasteiger partial charge in [-0.3, -0.25) is 4.79 Å². The Morgan fingerprint density at radius 3 is 2.05 bits per heavy atom. The van der Waals surface area contributed by atoms with Crippen molar-refractivity contribution in [2.24, 2.45) is 5.90 Å². The molecule has 0 radical (unpaired) electrons. The fourth-order valence-corrected chi connectivity index (χ4v) is 4.53. The van der Waals surface area contributed by atoms with Gasteiger partial charge in [0.05, 0.1) is 12.0 Å². The van der Waals surface area contributed by atoms with Gasteiger partial charge >= 0.3 is 5.97 Å². The SMILES string of the molecule is COc1ccc(S(=O)(=O)C2(C(=O)O)CCCC2)cc1.NO. The predicted octanol–water partition coefficient (Wildman–Crippen LogP) is 1.20. The Morgan fingerprint density at radius 1 is 1.19 bits per heavy atom. The number of carboxylic acid groups (broad SMARTS) is 1. The molecule has 0 aliphatic heterocycles. The first-order chi connectivity index (χ1) is 9.94. The fraction of sp³-hybridized carbons (Fsp3) is 0.462. The van der Waals surface area contributed by atoms with Crippen molar-refractivity contribution in [2.45, 2.75) is 35.3 Å². The number of benzene rings is 1. The molecule has 2 rings (SSSR count). The maximum Gasteiger partial charge on any atom is 0.325 e. The van der Waals surface area contributed by atoms with E-state index in [4.69, 9.17) is 9.94 Å². The molecule has 7 nitrogen and oxygen atoms in total. The lowest BCUT2D eigenvalue weighted by molar-refractivity contribution is -0.139. The highest BCUT2D eigenvalue weighted by Crippen LogP contribution is 2.40. The fourth-order valence-electron chi connectivity index (χ4n) is 2.52. The van der Waals surface area contributed by atoms with Crippen LogP contribution in [0.1, 0.15) is 25.7 Å². The molecule has 21 heavy (non-hydrogen) atoms. The van der Waals surface area contributed by atoms with Gasteiger partial charge in [-0.05, 0) is 37.1 Å². The summed E-state index contributed by atoms with van der Waals surface area (Å²) >= 11 is 0. The summed E-state index contributed by atoms with van der Waals surface area (Å²) in [5.74, 6) is 2.79. The van der Waals surface area contributed by atoms with Crippen molar-refractivity contribution in [1.29, 1.82) is 0 Å². The number of carbonyl (C=O) groups is 1. The van der Waals surface area contributed by atoms with Crippen LogP contribution in [0, 0.1) is 0 Å². The molecular weight excluding hydrogens is 298 g/mol. The summed E-state index contributed by atoms with van der Waals surface area (Å²) in [5.41, 5.74) is 0. The van der Waals surface area contributed by atoms with Gasteiger partial charge in [-0.2, -0.15) is 0 Å². The van der Waals surface area contributed by atoms with Crippen LogP contribution in [0.3, 0.4) is 0 Å². The lowest BCUT2D eigenvalue weighted by Gasteiger charge is -2.23. The molecule has 0 amide bonds. The molecule has 1 aromatic rings. The second-order valence-corrected chi connectivity index (χ2v) is 6.95. The van der Waals surface area contributed by atoms with Crippen molar-refractivity contribution in [2.75, 3.05) is 7.11 Å². The van der Waals surface area contributed by atoms with E-state index in [1.54, 1.807) is 0 Å². The highest BCUT2D eigenvalue weighted by Gasteiger charge is 2.53. The smallest absolute Gasteiger partial charge is 0.325 e. The molecule has 0 unspecified atom stereocenters. The Labute approximate surface area is 123 Å². The first kappa shape index (κ1) is 17.4. The molecule has 1 fully saturated rings. The Balaban J connectivity index is 0.00000106. The van der Waals surface area contributed by atoms with Crippen LogP contribution in [0.2, 0.25) is 0 Å². The van der Waals surface area contributed by atoms with Crippen LogP contribution in [0.15, 0.2) is 29.2 Å². The van der Waals surface area contributed by atoms with Gasteiger partial charge in [-0.1, -0.05) is 12.8 Å². The number of ether oxygens (including phenoxy) is 1. The van der Waals surface area contributed by atoms with E-state index in [0.29, 0.717) is 18.6 Å². The average Bonchev–Trinajstić information content (AvgIpc) is 3.01. The molecule has 1 saturated carbocycles. The van der Waals surface area contributed by atoms with E-state index in [0.717, 1.165) is 0 Å². The molecule has 1 aliphatic carbocycles. The van der Waals surface area contributed by atoms with Gasteiger partial charge in [0.2, 0.25) is 0 Å². The van der Waals surface area contributed by atoms with E-state index < -0.39 is 20.6 Å². The molecule has 0 bridgehead atoms. The molecule has 1 aliphatic rings. The van der Waals surface area contributed by atoms with Crippen molar-refractivity contribution < 1.29 is 28.3 Å². The van der Waals surface area contributed by atoms with Crippen molar-refractivity contribution >= 4 is 15.8 Å². The van der Waals surface area contributed by atoms with Crippen LogP contribution in [-0.4, -0.2) is 36.6 Å². The minimum absolute atomic E-state index is 0.0394. The molecule has 1 aromatic carbocycles. The second-order valence-electron chi connectivity index (χ2n) is 4.69. The average molecular weight is 317 g/mol. The van der Waals surface area contributed by atoms with Crippen LogP contribution < -0.4 is 10.6 Å². The Morgan fingerprint density at radius 2 is 1.67 bits per heavy atom. The molecular formula is C13H19NO6S. The number of hydrogen-bond acceptors (Lipinski definition) is 6. The summed E-state index contributed by atoms with van der Waals surface area (Å²) in [6.07, 6.45) is 1.61. The molecule has 4 N–H and O–H groups in total. The molecule has 8 heteroatoms. The standard InChI is InChI=1S/C13H16O5S.H3NO/c1-18-10-4-6-11(7-5-10)19(16,17)13(12(14)15)8-2-3-9-13;1-2/h4-7H,2-3,8-9H2,1H3,(H,14,15);2H,1H2. The Bertz CT molecular complexity index is 575. The number of nitrogens with two attached hydrogens (primary N) is 1. The summed E-state index contributed by atoms with van der Waals surface area (Å²) in [5, 5.41) is 15.9. The highest BCUT2D eigenvalue weighted by molar-refractivity contribution is 7.93. The van der Waals surface area contributed by atoms with Gasteiger partial charge in [-0.15, -0.1) is 0 Å². The van der Waals surface area contributed by atoms with Crippen LogP contribution in [0.25, 0.3) is 0 Å². The van der Waals surface area contributed by atoms with E-state index in [1.165, 1.54) is 31.4 Å². The maximum atomic E-state index is 12.6. The van der Waals surface area contributed by atoms with E-state index in [-0.39, 0.29) is 17.7 Å². The topological polar surface area (TPSA) is 127 Å². The van der Waals surface area contributed by atoms with Crippen molar-refractivity contribution in [3.63, 3.8) is 0 Å². The summed E-state index contributed by atoms with van der Waals surface area (Å²) in [6.45, 7) is 0. The minimum atomic E-state index is -3.88. The van der Waals surface area contributed by atoms with Crippen LogP contribution in [-0.2, 0) is 14.6 Å². The van der Waals surface area contributed by atoms with Crippen LogP contribution >= 0.6 is 0 Å². The van der Waals surface area contributed by atoms with E-state index >= 15 is 0 Å². The third kappa shape index (κ3) is 3.02. The molecule has 0 aromatic heterocycles. The first-order valence-corrected chi connectivity index (χ1v) is 7.80. The molecule has 0 atom stereocenters. The summed E-state index contributed by atoms with van der Waals surface area (Å²) < 4.78 is 28.5. The van der Waals surface area contributed by atoms with Gasteiger partial charge in [0.25, 0.3) is 0 Å². The van der Waals surface area contributed by atoms with Crippen molar-refractivity contribution in [3.8, 4) is 5.75 Å². The lowest BCUT2D eigenvalue weighted by Crippen LogP contribution is -2.43. The monoisotopic (exact) mass is 317 g/mol. The third-order valence-electron chi connectivity index (χ3n) is 3.69. The van der Waals surface area contributed by atoms with Gasteiger partial charge in [0.15, 0.2) is 14.6 Å². The molecule has 0 heterocycles. The number of carboxylic acids is 1. The van der Waals surface area contributed by atoms with E-state index in [2.05, 4.69) is 5.90 Å². The van der Waals surface area contributed by atoms with Crippen LogP contribution in [0.4, 0.5) is 0 Å². The van der Waals surface area contributed by atoms with Crippen molar-refractivity contribution in [1.82, 2.24) is 0 Å².